The van der Waals surface area contributed by atoms with Gasteiger partial charge in [0.05, 0.1) is 10.7 Å². The van der Waals surface area contributed by atoms with Gasteiger partial charge in [-0.15, -0.1) is 0 Å². The first-order valence-corrected chi connectivity index (χ1v) is 5.54. The number of hydrogen-bond acceptors (Lipinski definition) is 4. The molecule has 1 heterocycles. The van der Waals surface area contributed by atoms with Crippen molar-refractivity contribution in [3.05, 3.63) is 46.9 Å². The van der Waals surface area contributed by atoms with Crippen molar-refractivity contribution in [1.29, 1.82) is 0 Å². The number of halogens is 1. The van der Waals surface area contributed by atoms with E-state index in [1.807, 2.05) is 6.07 Å². The van der Waals surface area contributed by atoms with Crippen LogP contribution in [0.2, 0.25) is 5.02 Å². The number of nitrogens with one attached hydrogen (secondary N) is 1. The maximum atomic E-state index is 10.9. The number of aromatic nitrogens is 2. The number of carboxylic acids is 1. The highest BCUT2D eigenvalue weighted by Gasteiger charge is 2.09. The topological polar surface area (TPSA) is 75.1 Å². The summed E-state index contributed by atoms with van der Waals surface area (Å²) in [6.07, 6.45) is 0. The minimum Gasteiger partial charge on any atom is -0.477 e. The summed E-state index contributed by atoms with van der Waals surface area (Å²) in [5.41, 5.74) is 0.602. The number of nitrogens with zero attached hydrogens (tertiary/aromatic N) is 2. The molecule has 0 fully saturated rings. The average molecular weight is 264 g/mol. The second-order valence-corrected chi connectivity index (χ2v) is 4.00. The van der Waals surface area contributed by atoms with Gasteiger partial charge in [0, 0.05) is 6.07 Å². The van der Waals surface area contributed by atoms with Gasteiger partial charge in [-0.3, -0.25) is 0 Å². The Kier molecular flexibility index (Phi) is 3.43. The largest absolute Gasteiger partial charge is 0.477 e. The van der Waals surface area contributed by atoms with E-state index >= 15 is 0 Å². The van der Waals surface area contributed by atoms with Crippen LogP contribution in [-0.2, 0) is 0 Å². The van der Waals surface area contributed by atoms with E-state index in [1.54, 1.807) is 25.1 Å². The van der Waals surface area contributed by atoms with Gasteiger partial charge in [0.1, 0.15) is 11.6 Å². The van der Waals surface area contributed by atoms with E-state index in [0.29, 0.717) is 22.4 Å². The van der Waals surface area contributed by atoms with Gasteiger partial charge in [0.15, 0.2) is 5.69 Å². The molecule has 1 aromatic carbocycles. The Morgan fingerprint density at radius 1 is 1.33 bits per heavy atom. The number of carboxylic acid groups (broad SMARTS) is 1. The van der Waals surface area contributed by atoms with Crippen LogP contribution in [0.1, 0.15) is 16.3 Å². The number of aromatic carboxylic acids is 1. The zero-order chi connectivity index (χ0) is 13.1. The monoisotopic (exact) mass is 263 g/mol. The van der Waals surface area contributed by atoms with Crippen molar-refractivity contribution in [3.8, 4) is 0 Å². The molecule has 0 bridgehead atoms. The number of benzene rings is 1. The molecule has 0 aliphatic heterocycles. The number of carbonyl (C=O) groups is 1. The molecule has 0 saturated carbocycles. The molecule has 0 atom stereocenters. The molecule has 0 unspecified atom stereocenters. The van der Waals surface area contributed by atoms with Crippen LogP contribution < -0.4 is 5.32 Å². The third-order valence-corrected chi connectivity index (χ3v) is 2.52. The smallest absolute Gasteiger partial charge is 0.354 e. The Balaban J connectivity index is 2.35. The summed E-state index contributed by atoms with van der Waals surface area (Å²) in [6, 6.07) is 8.50. The van der Waals surface area contributed by atoms with E-state index in [4.69, 9.17) is 16.7 Å². The first-order chi connectivity index (χ1) is 8.56. The Labute approximate surface area is 108 Å². The molecule has 5 nitrogen and oxygen atoms in total. The number of anilines is 2. The lowest BCUT2D eigenvalue weighted by Gasteiger charge is -2.08. The van der Waals surface area contributed by atoms with E-state index in [-0.39, 0.29) is 5.69 Å². The molecule has 0 amide bonds. The normalized spacial score (nSPS) is 10.1. The number of rotatable bonds is 3. The molecule has 6 heteroatoms. The lowest BCUT2D eigenvalue weighted by atomic mass is 10.3. The molecule has 2 N–H and O–H groups in total. The Bertz CT molecular complexity index is 602. The SMILES string of the molecule is Cc1nc(Nc2ccccc2Cl)cc(C(=O)O)n1. The van der Waals surface area contributed by atoms with Crippen LogP contribution in [0.5, 0.6) is 0 Å². The molecular formula is C12H10ClN3O2. The van der Waals surface area contributed by atoms with Gasteiger partial charge in [0.2, 0.25) is 0 Å². The van der Waals surface area contributed by atoms with Crippen LogP contribution in [-0.4, -0.2) is 21.0 Å². The fourth-order valence-electron chi connectivity index (χ4n) is 1.44. The van der Waals surface area contributed by atoms with E-state index in [0.717, 1.165) is 0 Å². The van der Waals surface area contributed by atoms with Crippen molar-refractivity contribution in [2.75, 3.05) is 5.32 Å². The van der Waals surface area contributed by atoms with E-state index in [1.165, 1.54) is 6.07 Å². The third-order valence-electron chi connectivity index (χ3n) is 2.19. The molecule has 0 aliphatic rings. The number of para-hydroxylation sites is 1. The fourth-order valence-corrected chi connectivity index (χ4v) is 1.62. The highest BCUT2D eigenvalue weighted by molar-refractivity contribution is 6.33. The Hall–Kier alpha value is -2.14. The molecule has 18 heavy (non-hydrogen) atoms. The lowest BCUT2D eigenvalue weighted by molar-refractivity contribution is 0.0690. The molecule has 0 aliphatic carbocycles. The predicted octanol–water partition coefficient (Wildman–Crippen LogP) is 2.88. The van der Waals surface area contributed by atoms with E-state index in [9.17, 15) is 4.79 Å². The Morgan fingerprint density at radius 3 is 2.72 bits per heavy atom. The van der Waals surface area contributed by atoms with Crippen molar-refractivity contribution >= 4 is 29.1 Å². The van der Waals surface area contributed by atoms with Crippen molar-refractivity contribution in [2.24, 2.45) is 0 Å². The quantitative estimate of drug-likeness (QED) is 0.891. The summed E-state index contributed by atoms with van der Waals surface area (Å²) < 4.78 is 0. The molecule has 0 spiro atoms. The van der Waals surface area contributed by atoms with E-state index < -0.39 is 5.97 Å². The first-order valence-electron chi connectivity index (χ1n) is 5.17. The van der Waals surface area contributed by atoms with Gasteiger partial charge in [0.25, 0.3) is 0 Å². The van der Waals surface area contributed by atoms with Crippen LogP contribution in [0.4, 0.5) is 11.5 Å². The summed E-state index contributed by atoms with van der Waals surface area (Å²) in [7, 11) is 0. The molecular weight excluding hydrogens is 254 g/mol. The minimum atomic E-state index is -1.09. The van der Waals surface area contributed by atoms with Crippen LogP contribution in [0.3, 0.4) is 0 Å². The van der Waals surface area contributed by atoms with Gasteiger partial charge in [-0.2, -0.15) is 0 Å². The molecule has 2 rings (SSSR count). The standard InChI is InChI=1S/C12H10ClN3O2/c1-7-14-10(12(17)18)6-11(15-7)16-9-5-3-2-4-8(9)13/h2-6H,1H3,(H,17,18)(H,14,15,16). The first kappa shape index (κ1) is 12.3. The van der Waals surface area contributed by atoms with Crippen LogP contribution in [0.25, 0.3) is 0 Å². The van der Waals surface area contributed by atoms with Crippen LogP contribution >= 0.6 is 11.6 Å². The van der Waals surface area contributed by atoms with Crippen LogP contribution in [0, 0.1) is 6.92 Å². The second kappa shape index (κ2) is 5.01. The van der Waals surface area contributed by atoms with Crippen molar-refractivity contribution in [1.82, 2.24) is 9.97 Å². The summed E-state index contributed by atoms with van der Waals surface area (Å²) >= 11 is 5.99. The second-order valence-electron chi connectivity index (χ2n) is 3.60. The zero-order valence-corrected chi connectivity index (χ0v) is 10.3. The maximum absolute atomic E-state index is 10.9. The lowest BCUT2D eigenvalue weighted by Crippen LogP contribution is -2.05. The Morgan fingerprint density at radius 2 is 2.06 bits per heavy atom. The van der Waals surface area contributed by atoms with Crippen LogP contribution in [0.15, 0.2) is 30.3 Å². The molecule has 0 radical (unpaired) electrons. The summed E-state index contributed by atoms with van der Waals surface area (Å²) in [6.45, 7) is 1.63. The van der Waals surface area contributed by atoms with Crippen molar-refractivity contribution in [3.63, 3.8) is 0 Å². The van der Waals surface area contributed by atoms with Gasteiger partial charge < -0.3 is 10.4 Å². The van der Waals surface area contributed by atoms with Gasteiger partial charge in [-0.25, -0.2) is 14.8 Å². The fraction of sp³-hybridized carbons (Fsp3) is 0.0833. The maximum Gasteiger partial charge on any atom is 0.354 e. The predicted molar refractivity (Wildman–Crippen MR) is 68.5 cm³/mol. The molecule has 2 aromatic rings. The third kappa shape index (κ3) is 2.75. The van der Waals surface area contributed by atoms with Crippen molar-refractivity contribution < 1.29 is 9.90 Å². The van der Waals surface area contributed by atoms with Gasteiger partial charge in [-0.1, -0.05) is 23.7 Å². The molecule has 0 saturated heterocycles. The highest BCUT2D eigenvalue weighted by atomic mass is 35.5. The average Bonchev–Trinajstić information content (AvgIpc) is 2.31. The van der Waals surface area contributed by atoms with Gasteiger partial charge in [-0.05, 0) is 19.1 Å². The zero-order valence-electron chi connectivity index (χ0n) is 9.51. The highest BCUT2D eigenvalue weighted by Crippen LogP contribution is 2.24. The number of aryl methyl sites for hydroxylation is 1. The summed E-state index contributed by atoms with van der Waals surface area (Å²) in [4.78, 5) is 18.8. The summed E-state index contributed by atoms with van der Waals surface area (Å²) in [5, 5.41) is 12.4. The van der Waals surface area contributed by atoms with E-state index in [2.05, 4.69) is 15.3 Å². The molecule has 92 valence electrons. The molecule has 1 aromatic heterocycles. The van der Waals surface area contributed by atoms with Crippen molar-refractivity contribution in [2.45, 2.75) is 6.92 Å². The minimum absolute atomic E-state index is 0.0583. The summed E-state index contributed by atoms with van der Waals surface area (Å²) in [5.74, 6) is -0.319. The van der Waals surface area contributed by atoms with Gasteiger partial charge >= 0.3 is 5.97 Å². The number of hydrogen-bond donors (Lipinski definition) is 2.